The smallest absolute Gasteiger partial charge is 0.159 e. The van der Waals surface area contributed by atoms with Crippen molar-refractivity contribution in [2.24, 2.45) is 0 Å². The lowest BCUT2D eigenvalue weighted by Crippen LogP contribution is -2.18. The van der Waals surface area contributed by atoms with Gasteiger partial charge < -0.3 is 10.1 Å². The van der Waals surface area contributed by atoms with Crippen molar-refractivity contribution in [3.05, 3.63) is 65.2 Å². The zero-order valence-corrected chi connectivity index (χ0v) is 12.2. The maximum atomic E-state index is 13.1. The fourth-order valence-electron chi connectivity index (χ4n) is 2.06. The van der Waals surface area contributed by atoms with E-state index in [0.29, 0.717) is 18.7 Å². The van der Waals surface area contributed by atoms with Crippen LogP contribution >= 0.6 is 0 Å². The van der Waals surface area contributed by atoms with Gasteiger partial charge in [0.25, 0.3) is 0 Å². The molecule has 0 fully saturated rings. The average Bonchev–Trinajstić information content (AvgIpc) is 2.49. The van der Waals surface area contributed by atoms with Crippen LogP contribution in [0.5, 0.6) is 5.75 Å². The summed E-state index contributed by atoms with van der Waals surface area (Å²) in [5.41, 5.74) is 1.83. The Morgan fingerprint density at radius 3 is 2.38 bits per heavy atom. The number of halogens is 2. The number of rotatable bonds is 6. The van der Waals surface area contributed by atoms with Gasteiger partial charge in [0.1, 0.15) is 5.75 Å². The van der Waals surface area contributed by atoms with Crippen molar-refractivity contribution in [1.82, 2.24) is 5.32 Å². The molecule has 21 heavy (non-hydrogen) atoms. The Balaban J connectivity index is 1.94. The van der Waals surface area contributed by atoms with Gasteiger partial charge in [-0.05, 0) is 49.2 Å². The lowest BCUT2D eigenvalue weighted by atomic mass is 10.1. The molecule has 0 amide bonds. The Kier molecular flexibility index (Phi) is 5.28. The number of ether oxygens (including phenoxy) is 1. The topological polar surface area (TPSA) is 21.3 Å². The zero-order chi connectivity index (χ0) is 15.2. The number of hydrogen-bond acceptors (Lipinski definition) is 2. The lowest BCUT2D eigenvalue weighted by molar-refractivity contribution is 0.340. The van der Waals surface area contributed by atoms with Gasteiger partial charge >= 0.3 is 0 Å². The molecular weight excluding hydrogens is 272 g/mol. The van der Waals surface area contributed by atoms with Crippen molar-refractivity contribution in [2.45, 2.75) is 26.4 Å². The van der Waals surface area contributed by atoms with E-state index in [2.05, 4.69) is 5.32 Å². The fraction of sp³-hybridized carbons (Fsp3) is 0.294. The van der Waals surface area contributed by atoms with Gasteiger partial charge in [-0.25, -0.2) is 8.78 Å². The van der Waals surface area contributed by atoms with Crippen LogP contribution in [0.25, 0.3) is 0 Å². The average molecular weight is 291 g/mol. The van der Waals surface area contributed by atoms with Crippen LogP contribution in [0, 0.1) is 11.6 Å². The third-order valence-corrected chi connectivity index (χ3v) is 3.29. The molecule has 0 aliphatic carbocycles. The molecule has 4 heteroatoms. The molecule has 0 aliphatic heterocycles. The first-order chi connectivity index (χ1) is 10.1. The van der Waals surface area contributed by atoms with E-state index < -0.39 is 11.6 Å². The molecular formula is C17H19F2NO. The van der Waals surface area contributed by atoms with Crippen LogP contribution in [-0.2, 0) is 6.54 Å². The molecule has 1 atom stereocenters. The van der Waals surface area contributed by atoms with Crippen molar-refractivity contribution in [1.29, 1.82) is 0 Å². The van der Waals surface area contributed by atoms with Crippen LogP contribution in [0.3, 0.4) is 0 Å². The van der Waals surface area contributed by atoms with Gasteiger partial charge in [-0.1, -0.05) is 18.2 Å². The summed E-state index contributed by atoms with van der Waals surface area (Å²) in [5.74, 6) is -0.796. The summed E-state index contributed by atoms with van der Waals surface area (Å²) >= 11 is 0. The second-order valence-electron chi connectivity index (χ2n) is 4.85. The molecule has 1 N–H and O–H groups in total. The highest BCUT2D eigenvalue weighted by molar-refractivity contribution is 5.29. The quantitative estimate of drug-likeness (QED) is 0.860. The van der Waals surface area contributed by atoms with Crippen molar-refractivity contribution in [2.75, 3.05) is 6.61 Å². The predicted molar refractivity (Wildman–Crippen MR) is 79.2 cm³/mol. The van der Waals surface area contributed by atoms with Gasteiger partial charge in [0.05, 0.1) is 6.61 Å². The van der Waals surface area contributed by atoms with E-state index in [1.165, 1.54) is 6.07 Å². The number of nitrogens with one attached hydrogen (secondary N) is 1. The molecule has 0 heterocycles. The molecule has 2 nitrogen and oxygen atoms in total. The minimum absolute atomic E-state index is 0.105. The Labute approximate surface area is 123 Å². The Morgan fingerprint density at radius 2 is 1.76 bits per heavy atom. The van der Waals surface area contributed by atoms with Crippen molar-refractivity contribution in [3.63, 3.8) is 0 Å². The van der Waals surface area contributed by atoms with E-state index in [9.17, 15) is 8.78 Å². The third kappa shape index (κ3) is 4.26. The fourth-order valence-corrected chi connectivity index (χ4v) is 2.06. The van der Waals surface area contributed by atoms with Crippen molar-refractivity contribution < 1.29 is 13.5 Å². The van der Waals surface area contributed by atoms with Gasteiger partial charge in [0, 0.05) is 12.6 Å². The van der Waals surface area contributed by atoms with Gasteiger partial charge in [-0.2, -0.15) is 0 Å². The number of hydrogen-bond donors (Lipinski definition) is 1. The van der Waals surface area contributed by atoms with Gasteiger partial charge in [-0.3, -0.25) is 0 Å². The first kappa shape index (κ1) is 15.4. The maximum absolute atomic E-state index is 13.1. The minimum Gasteiger partial charge on any atom is -0.494 e. The predicted octanol–water partition coefficient (Wildman–Crippen LogP) is 4.21. The van der Waals surface area contributed by atoms with E-state index in [-0.39, 0.29) is 6.04 Å². The van der Waals surface area contributed by atoms with Gasteiger partial charge in [0.2, 0.25) is 0 Å². The summed E-state index contributed by atoms with van der Waals surface area (Å²) in [6.07, 6.45) is 0. The summed E-state index contributed by atoms with van der Waals surface area (Å²) < 4.78 is 31.4. The molecule has 0 saturated carbocycles. The molecule has 2 aromatic rings. The molecule has 0 aliphatic rings. The second kappa shape index (κ2) is 7.18. The minimum atomic E-state index is -0.821. The highest BCUT2D eigenvalue weighted by Crippen LogP contribution is 2.18. The highest BCUT2D eigenvalue weighted by atomic mass is 19.2. The van der Waals surface area contributed by atoms with Crippen LogP contribution in [0.2, 0.25) is 0 Å². The molecule has 0 bridgehead atoms. The molecule has 0 spiro atoms. The van der Waals surface area contributed by atoms with E-state index in [1.807, 2.05) is 38.1 Å². The van der Waals surface area contributed by atoms with E-state index >= 15 is 0 Å². The first-order valence-electron chi connectivity index (χ1n) is 7.00. The summed E-state index contributed by atoms with van der Waals surface area (Å²) in [6, 6.07) is 11.9. The molecule has 2 aromatic carbocycles. The van der Waals surface area contributed by atoms with Crippen LogP contribution in [0.15, 0.2) is 42.5 Å². The largest absolute Gasteiger partial charge is 0.494 e. The third-order valence-electron chi connectivity index (χ3n) is 3.29. The van der Waals surface area contributed by atoms with Crippen LogP contribution < -0.4 is 10.1 Å². The van der Waals surface area contributed by atoms with Crippen molar-refractivity contribution >= 4 is 0 Å². The molecule has 1 unspecified atom stereocenters. The number of benzene rings is 2. The lowest BCUT2D eigenvalue weighted by Gasteiger charge is -2.15. The van der Waals surface area contributed by atoms with Gasteiger partial charge in [0.15, 0.2) is 11.6 Å². The second-order valence-corrected chi connectivity index (χ2v) is 4.85. The summed E-state index contributed by atoms with van der Waals surface area (Å²) in [4.78, 5) is 0. The monoisotopic (exact) mass is 291 g/mol. The molecule has 2 rings (SSSR count). The maximum Gasteiger partial charge on any atom is 0.159 e. The normalized spacial score (nSPS) is 12.2. The Hall–Kier alpha value is -1.94. The molecule has 0 aromatic heterocycles. The summed E-state index contributed by atoms with van der Waals surface area (Å²) in [5, 5.41) is 3.28. The van der Waals surface area contributed by atoms with Crippen molar-refractivity contribution in [3.8, 4) is 5.75 Å². The van der Waals surface area contributed by atoms with Crippen LogP contribution in [0.4, 0.5) is 8.78 Å². The highest BCUT2D eigenvalue weighted by Gasteiger charge is 2.07. The van der Waals surface area contributed by atoms with E-state index in [1.54, 1.807) is 6.07 Å². The van der Waals surface area contributed by atoms with Gasteiger partial charge in [-0.15, -0.1) is 0 Å². The van der Waals surface area contributed by atoms with E-state index in [0.717, 1.165) is 17.4 Å². The van der Waals surface area contributed by atoms with E-state index in [4.69, 9.17) is 4.74 Å². The first-order valence-corrected chi connectivity index (χ1v) is 7.00. The SMILES string of the molecule is CCOc1ccc(C(C)NCc2ccc(F)c(F)c2)cc1. The standard InChI is InChI=1S/C17H19F2NO/c1-3-21-15-7-5-14(6-8-15)12(2)20-11-13-4-9-16(18)17(19)10-13/h4-10,12,20H,3,11H2,1-2H3. The van der Waals surface area contributed by atoms with Crippen LogP contribution in [-0.4, -0.2) is 6.61 Å². The summed E-state index contributed by atoms with van der Waals surface area (Å²) in [6.45, 7) is 5.09. The molecule has 112 valence electrons. The summed E-state index contributed by atoms with van der Waals surface area (Å²) in [7, 11) is 0. The Morgan fingerprint density at radius 1 is 1.05 bits per heavy atom. The Bertz CT molecular complexity index is 584. The molecule has 0 radical (unpaired) electrons. The molecule has 0 saturated heterocycles. The van der Waals surface area contributed by atoms with Crippen LogP contribution in [0.1, 0.15) is 31.0 Å². The zero-order valence-electron chi connectivity index (χ0n) is 12.2.